The lowest BCUT2D eigenvalue weighted by molar-refractivity contribution is -0.166. The van der Waals surface area contributed by atoms with Crippen LogP contribution in [-0.4, -0.2) is 37.2 Å². The third kappa shape index (κ3) is 55.6. The Balaban J connectivity index is 4.62. The van der Waals surface area contributed by atoms with E-state index in [2.05, 4.69) is 179 Å². The Kier molecular flexibility index (Phi) is 53.1. The average molecular weight is 975 g/mol. The molecule has 0 saturated heterocycles. The standard InChI is InChI=1S/C65H98O6/c1-4-7-10-13-16-19-22-25-28-30-31-32-33-35-37-40-43-46-49-52-55-58-64(67)70-61-62(60-69-63(66)57-54-51-48-45-42-39-36-27-24-21-18-15-12-9-6-3)71-65(68)59-56-53-50-47-44-41-38-34-29-26-23-20-17-14-11-8-5-2/h7-12,16-21,25-29,31-32,35-37,42-43,45-46,51,54,62H,4-6,13-15,22-24,30,33-34,38-41,44,47-50,52-53,55-61H2,1-3H3/b10-7-,11-8-,12-9-,19-16-,20-17-,21-18-,28-25-,29-26-,32-31-,36-27-,37-35-,45-42-,46-43-,54-51-. The summed E-state index contributed by atoms with van der Waals surface area (Å²) in [5.41, 5.74) is 0. The molecule has 1 unspecified atom stereocenters. The van der Waals surface area contributed by atoms with E-state index < -0.39 is 12.1 Å². The fourth-order valence-corrected chi connectivity index (χ4v) is 6.71. The molecule has 0 heterocycles. The first-order valence-electron chi connectivity index (χ1n) is 27.6. The van der Waals surface area contributed by atoms with Crippen LogP contribution in [0.5, 0.6) is 0 Å². The molecule has 0 amide bonds. The number of allylic oxidation sites excluding steroid dienone is 27. The predicted molar refractivity (Wildman–Crippen MR) is 306 cm³/mol. The van der Waals surface area contributed by atoms with E-state index in [4.69, 9.17) is 14.2 Å². The van der Waals surface area contributed by atoms with Gasteiger partial charge in [0, 0.05) is 12.8 Å². The van der Waals surface area contributed by atoms with Crippen LogP contribution in [0.3, 0.4) is 0 Å². The molecule has 6 heteroatoms. The minimum absolute atomic E-state index is 0.108. The molecule has 0 aromatic heterocycles. The molecule has 71 heavy (non-hydrogen) atoms. The van der Waals surface area contributed by atoms with Crippen LogP contribution in [0.2, 0.25) is 0 Å². The van der Waals surface area contributed by atoms with Gasteiger partial charge in [-0.3, -0.25) is 14.4 Å². The molecule has 0 aliphatic heterocycles. The highest BCUT2D eigenvalue weighted by molar-refractivity contribution is 5.72. The topological polar surface area (TPSA) is 78.9 Å². The van der Waals surface area contributed by atoms with Crippen molar-refractivity contribution in [2.75, 3.05) is 13.2 Å². The Labute approximate surface area is 434 Å². The van der Waals surface area contributed by atoms with Crippen molar-refractivity contribution < 1.29 is 28.6 Å². The van der Waals surface area contributed by atoms with Gasteiger partial charge in [0.25, 0.3) is 0 Å². The van der Waals surface area contributed by atoms with Gasteiger partial charge in [-0.05, 0) is 128 Å². The van der Waals surface area contributed by atoms with Crippen LogP contribution in [0.15, 0.2) is 170 Å². The van der Waals surface area contributed by atoms with Crippen LogP contribution in [-0.2, 0) is 28.6 Å². The first kappa shape index (κ1) is 65.8. The van der Waals surface area contributed by atoms with Crippen molar-refractivity contribution in [3.05, 3.63) is 170 Å². The lowest BCUT2D eigenvalue weighted by Gasteiger charge is -2.18. The molecule has 0 saturated carbocycles. The predicted octanol–water partition coefficient (Wildman–Crippen LogP) is 18.8. The summed E-state index contributed by atoms with van der Waals surface area (Å²) in [5, 5.41) is 0. The maximum atomic E-state index is 12.8. The SMILES string of the molecule is CC/C=C\C/C=C\C/C=C\C/C=C\C/C=C\C/C=C\CCCCC(=O)OCC(COC(=O)C/C=C\C/C=C\C/C=C\C/C=C\C/C=C\CC)OC(=O)CCCCCCCCC/C=C\C/C=C\C/C=C\CC. The summed E-state index contributed by atoms with van der Waals surface area (Å²) in [6.45, 7) is 6.14. The average Bonchev–Trinajstić information content (AvgIpc) is 3.37. The van der Waals surface area contributed by atoms with E-state index in [1.807, 2.05) is 6.08 Å². The van der Waals surface area contributed by atoms with Crippen molar-refractivity contribution in [1.29, 1.82) is 0 Å². The fourth-order valence-electron chi connectivity index (χ4n) is 6.71. The first-order valence-corrected chi connectivity index (χ1v) is 27.6. The van der Waals surface area contributed by atoms with E-state index in [1.165, 1.54) is 19.3 Å². The second-order valence-corrected chi connectivity index (χ2v) is 17.4. The van der Waals surface area contributed by atoms with Gasteiger partial charge in [0.1, 0.15) is 13.2 Å². The summed E-state index contributed by atoms with van der Waals surface area (Å²) >= 11 is 0. The Morgan fingerprint density at radius 3 is 0.944 bits per heavy atom. The molecule has 0 N–H and O–H groups in total. The molecule has 0 aliphatic carbocycles. The molecule has 394 valence electrons. The van der Waals surface area contributed by atoms with Gasteiger partial charge < -0.3 is 14.2 Å². The number of carbonyl (C=O) groups excluding carboxylic acids is 3. The maximum absolute atomic E-state index is 12.8. The second kappa shape index (κ2) is 57.3. The van der Waals surface area contributed by atoms with E-state index in [9.17, 15) is 14.4 Å². The summed E-state index contributed by atoms with van der Waals surface area (Å²) in [6.07, 6.45) is 85.1. The largest absolute Gasteiger partial charge is 0.462 e. The molecule has 0 fully saturated rings. The van der Waals surface area contributed by atoms with Gasteiger partial charge in [0.15, 0.2) is 6.10 Å². The molecule has 0 rings (SSSR count). The molecule has 0 radical (unpaired) electrons. The molecule has 0 aromatic carbocycles. The maximum Gasteiger partial charge on any atom is 0.309 e. The Morgan fingerprint density at radius 2 is 0.563 bits per heavy atom. The lowest BCUT2D eigenvalue weighted by Crippen LogP contribution is -2.30. The van der Waals surface area contributed by atoms with Gasteiger partial charge in [-0.15, -0.1) is 0 Å². The van der Waals surface area contributed by atoms with Crippen molar-refractivity contribution in [3.63, 3.8) is 0 Å². The van der Waals surface area contributed by atoms with E-state index in [0.717, 1.165) is 135 Å². The minimum atomic E-state index is -0.851. The molecular formula is C65H98O6. The smallest absolute Gasteiger partial charge is 0.309 e. The van der Waals surface area contributed by atoms with Crippen molar-refractivity contribution in [2.24, 2.45) is 0 Å². The number of esters is 3. The molecule has 0 aliphatic rings. The van der Waals surface area contributed by atoms with Gasteiger partial charge >= 0.3 is 17.9 Å². The van der Waals surface area contributed by atoms with Crippen LogP contribution in [0, 0.1) is 0 Å². The summed E-state index contributed by atoms with van der Waals surface area (Å²) in [4.78, 5) is 38.1. The van der Waals surface area contributed by atoms with Crippen LogP contribution in [0.1, 0.15) is 201 Å². The zero-order valence-electron chi connectivity index (χ0n) is 44.9. The summed E-state index contributed by atoms with van der Waals surface area (Å²) < 4.78 is 16.7. The highest BCUT2D eigenvalue weighted by Crippen LogP contribution is 2.12. The number of hydrogen-bond donors (Lipinski definition) is 0. The Morgan fingerprint density at radius 1 is 0.296 bits per heavy atom. The summed E-state index contributed by atoms with van der Waals surface area (Å²) in [6, 6.07) is 0. The van der Waals surface area contributed by atoms with E-state index >= 15 is 0 Å². The zero-order valence-corrected chi connectivity index (χ0v) is 44.9. The highest BCUT2D eigenvalue weighted by Gasteiger charge is 2.19. The van der Waals surface area contributed by atoms with Gasteiger partial charge in [0.05, 0.1) is 6.42 Å². The number of carbonyl (C=O) groups is 3. The summed E-state index contributed by atoms with van der Waals surface area (Å²) in [7, 11) is 0. The van der Waals surface area contributed by atoms with Gasteiger partial charge in [0.2, 0.25) is 0 Å². The van der Waals surface area contributed by atoms with Gasteiger partial charge in [-0.1, -0.05) is 223 Å². The van der Waals surface area contributed by atoms with E-state index in [-0.39, 0.29) is 44.4 Å². The Hall–Kier alpha value is -5.23. The van der Waals surface area contributed by atoms with E-state index in [0.29, 0.717) is 6.42 Å². The normalized spacial score (nSPS) is 13.5. The molecule has 6 nitrogen and oxygen atoms in total. The number of ether oxygens (including phenoxy) is 3. The van der Waals surface area contributed by atoms with Gasteiger partial charge in [-0.25, -0.2) is 0 Å². The lowest BCUT2D eigenvalue weighted by atomic mass is 10.1. The van der Waals surface area contributed by atoms with Crippen LogP contribution in [0.4, 0.5) is 0 Å². The number of hydrogen-bond acceptors (Lipinski definition) is 6. The molecule has 1 atom stereocenters. The number of unbranched alkanes of at least 4 members (excludes halogenated alkanes) is 9. The third-order valence-corrected chi connectivity index (χ3v) is 10.7. The van der Waals surface area contributed by atoms with Crippen molar-refractivity contribution in [3.8, 4) is 0 Å². The molecule has 0 spiro atoms. The van der Waals surface area contributed by atoms with Crippen molar-refractivity contribution in [1.82, 2.24) is 0 Å². The molecule has 0 aromatic rings. The monoisotopic (exact) mass is 975 g/mol. The quantitative estimate of drug-likeness (QED) is 0.0262. The third-order valence-electron chi connectivity index (χ3n) is 10.7. The zero-order chi connectivity index (χ0) is 51.4. The van der Waals surface area contributed by atoms with Crippen LogP contribution >= 0.6 is 0 Å². The van der Waals surface area contributed by atoms with Crippen molar-refractivity contribution in [2.45, 2.75) is 207 Å². The molecular weight excluding hydrogens is 877 g/mol. The fraction of sp³-hybridized carbons (Fsp3) is 0.523. The van der Waals surface area contributed by atoms with Crippen molar-refractivity contribution >= 4 is 17.9 Å². The number of rotatable bonds is 47. The molecule has 0 bridgehead atoms. The second-order valence-electron chi connectivity index (χ2n) is 17.4. The minimum Gasteiger partial charge on any atom is -0.462 e. The van der Waals surface area contributed by atoms with Crippen LogP contribution in [0.25, 0.3) is 0 Å². The Bertz CT molecular complexity index is 1690. The highest BCUT2D eigenvalue weighted by atomic mass is 16.6. The van der Waals surface area contributed by atoms with Gasteiger partial charge in [-0.2, -0.15) is 0 Å². The van der Waals surface area contributed by atoms with E-state index in [1.54, 1.807) is 6.08 Å². The van der Waals surface area contributed by atoms with Crippen LogP contribution < -0.4 is 0 Å². The summed E-state index contributed by atoms with van der Waals surface area (Å²) in [5.74, 6) is -1.14. The first-order chi connectivity index (χ1) is 35.0.